The zero-order valence-electron chi connectivity index (χ0n) is 12.7. The highest BCUT2D eigenvalue weighted by Gasteiger charge is 2.37. The first-order valence-electron chi connectivity index (χ1n) is 7.75. The molecule has 2 bridgehead atoms. The number of anilines is 1. The van der Waals surface area contributed by atoms with Crippen molar-refractivity contribution in [1.82, 2.24) is 5.32 Å². The van der Waals surface area contributed by atoms with Gasteiger partial charge < -0.3 is 10.2 Å². The lowest BCUT2D eigenvalue weighted by Crippen LogP contribution is -2.56. The zero-order valence-corrected chi connectivity index (χ0v) is 13.6. The van der Waals surface area contributed by atoms with Crippen LogP contribution < -0.4 is 10.2 Å². The van der Waals surface area contributed by atoms with Crippen LogP contribution in [0.15, 0.2) is 29.2 Å². The molecule has 1 N–H and O–H groups in total. The van der Waals surface area contributed by atoms with E-state index in [0.29, 0.717) is 23.0 Å². The SMILES string of the molecule is CNC1CC2CCCC(C1)N2c1ccc(S(C)(=O)=O)cc1. The molecule has 0 radical (unpaired) electrons. The van der Waals surface area contributed by atoms with Gasteiger partial charge in [0.15, 0.2) is 9.84 Å². The van der Waals surface area contributed by atoms with Gasteiger partial charge in [-0.15, -0.1) is 0 Å². The minimum Gasteiger partial charge on any atom is -0.365 e. The highest BCUT2D eigenvalue weighted by molar-refractivity contribution is 7.90. The van der Waals surface area contributed by atoms with Crippen molar-refractivity contribution in [3.63, 3.8) is 0 Å². The van der Waals surface area contributed by atoms with Gasteiger partial charge in [-0.25, -0.2) is 8.42 Å². The molecule has 116 valence electrons. The third-order valence-corrected chi connectivity index (χ3v) is 6.07. The highest BCUT2D eigenvalue weighted by Crippen LogP contribution is 2.37. The first-order valence-corrected chi connectivity index (χ1v) is 9.64. The van der Waals surface area contributed by atoms with Crippen LogP contribution in [-0.4, -0.2) is 39.8 Å². The Morgan fingerprint density at radius 3 is 2.14 bits per heavy atom. The fourth-order valence-corrected chi connectivity index (χ4v) is 4.53. The first-order chi connectivity index (χ1) is 9.99. The second kappa shape index (κ2) is 5.61. The van der Waals surface area contributed by atoms with Crippen LogP contribution in [0.25, 0.3) is 0 Å². The molecule has 5 heteroatoms. The number of nitrogens with one attached hydrogen (secondary N) is 1. The van der Waals surface area contributed by atoms with Gasteiger partial charge >= 0.3 is 0 Å². The van der Waals surface area contributed by atoms with Crippen molar-refractivity contribution < 1.29 is 8.42 Å². The smallest absolute Gasteiger partial charge is 0.175 e. The molecule has 2 heterocycles. The number of sulfone groups is 1. The second-order valence-electron chi connectivity index (χ2n) is 6.37. The average molecular weight is 308 g/mol. The van der Waals surface area contributed by atoms with E-state index in [-0.39, 0.29) is 0 Å². The Morgan fingerprint density at radius 1 is 1.10 bits per heavy atom. The Labute approximate surface area is 127 Å². The lowest BCUT2D eigenvalue weighted by atomic mass is 9.81. The van der Waals surface area contributed by atoms with E-state index in [1.165, 1.54) is 44.0 Å². The number of hydrogen-bond acceptors (Lipinski definition) is 4. The monoisotopic (exact) mass is 308 g/mol. The van der Waals surface area contributed by atoms with Crippen molar-refractivity contribution in [1.29, 1.82) is 0 Å². The van der Waals surface area contributed by atoms with E-state index in [4.69, 9.17) is 0 Å². The Balaban J connectivity index is 1.86. The number of piperidine rings is 2. The largest absolute Gasteiger partial charge is 0.365 e. The lowest BCUT2D eigenvalue weighted by Gasteiger charge is -2.50. The molecule has 0 amide bonds. The molecule has 21 heavy (non-hydrogen) atoms. The van der Waals surface area contributed by atoms with E-state index >= 15 is 0 Å². The maximum Gasteiger partial charge on any atom is 0.175 e. The topological polar surface area (TPSA) is 49.4 Å². The van der Waals surface area contributed by atoms with Crippen molar-refractivity contribution >= 4 is 15.5 Å². The molecule has 0 aromatic heterocycles. The molecular formula is C16H24N2O2S. The van der Waals surface area contributed by atoms with Gasteiger partial charge in [-0.3, -0.25) is 0 Å². The van der Waals surface area contributed by atoms with E-state index in [2.05, 4.69) is 17.3 Å². The Hall–Kier alpha value is -1.07. The van der Waals surface area contributed by atoms with Crippen LogP contribution in [0.2, 0.25) is 0 Å². The van der Waals surface area contributed by atoms with Crippen LogP contribution >= 0.6 is 0 Å². The van der Waals surface area contributed by atoms with E-state index in [1.54, 1.807) is 12.1 Å². The number of benzene rings is 1. The molecule has 0 aliphatic carbocycles. The molecule has 2 unspecified atom stereocenters. The number of hydrogen-bond donors (Lipinski definition) is 1. The zero-order chi connectivity index (χ0) is 15.0. The van der Waals surface area contributed by atoms with Crippen LogP contribution in [0, 0.1) is 0 Å². The molecule has 2 fully saturated rings. The Morgan fingerprint density at radius 2 is 1.67 bits per heavy atom. The number of rotatable bonds is 3. The molecule has 3 rings (SSSR count). The van der Waals surface area contributed by atoms with Crippen LogP contribution in [0.3, 0.4) is 0 Å². The molecule has 2 aliphatic rings. The van der Waals surface area contributed by atoms with Crippen molar-refractivity contribution in [2.24, 2.45) is 0 Å². The Bertz CT molecular complexity index is 583. The minimum absolute atomic E-state index is 0.404. The molecular weight excluding hydrogens is 284 g/mol. The quantitative estimate of drug-likeness (QED) is 0.930. The summed E-state index contributed by atoms with van der Waals surface area (Å²) in [4.78, 5) is 2.94. The molecule has 2 aliphatic heterocycles. The minimum atomic E-state index is -3.11. The van der Waals surface area contributed by atoms with Gasteiger partial charge in [-0.05, 0) is 63.4 Å². The van der Waals surface area contributed by atoms with Crippen molar-refractivity contribution in [3.8, 4) is 0 Å². The van der Waals surface area contributed by atoms with Crippen LogP contribution in [0.1, 0.15) is 32.1 Å². The third-order valence-electron chi connectivity index (χ3n) is 4.95. The van der Waals surface area contributed by atoms with Gasteiger partial charge in [0.25, 0.3) is 0 Å². The summed E-state index contributed by atoms with van der Waals surface area (Å²) < 4.78 is 23.2. The van der Waals surface area contributed by atoms with Crippen LogP contribution in [0.4, 0.5) is 5.69 Å². The molecule has 1 aromatic rings. The predicted octanol–water partition coefficient (Wildman–Crippen LogP) is 2.20. The summed E-state index contributed by atoms with van der Waals surface area (Å²) in [6.07, 6.45) is 7.41. The molecule has 0 saturated carbocycles. The fraction of sp³-hybridized carbons (Fsp3) is 0.625. The third kappa shape index (κ3) is 2.94. The van der Waals surface area contributed by atoms with Gasteiger partial charge in [0.2, 0.25) is 0 Å². The molecule has 2 atom stereocenters. The van der Waals surface area contributed by atoms with Gasteiger partial charge in [-0.1, -0.05) is 0 Å². The summed E-state index contributed by atoms with van der Waals surface area (Å²) in [5.74, 6) is 0. The van der Waals surface area contributed by atoms with Crippen LogP contribution in [-0.2, 0) is 9.84 Å². The van der Waals surface area contributed by atoms with Crippen molar-refractivity contribution in [2.45, 2.75) is 55.1 Å². The van der Waals surface area contributed by atoms with Crippen molar-refractivity contribution in [2.75, 3.05) is 18.2 Å². The van der Waals surface area contributed by atoms with Gasteiger partial charge in [-0.2, -0.15) is 0 Å². The molecule has 0 spiro atoms. The molecule has 4 nitrogen and oxygen atoms in total. The number of fused-ring (bicyclic) bond motifs is 2. The summed E-state index contributed by atoms with van der Waals surface area (Å²) in [6.45, 7) is 0. The average Bonchev–Trinajstić information content (AvgIpc) is 2.45. The Kier molecular flexibility index (Phi) is 3.97. The second-order valence-corrected chi connectivity index (χ2v) is 8.38. The normalized spacial score (nSPS) is 29.4. The summed E-state index contributed by atoms with van der Waals surface area (Å²) in [5, 5.41) is 3.43. The summed E-state index contributed by atoms with van der Waals surface area (Å²) in [6, 6.07) is 9.21. The maximum atomic E-state index is 11.6. The van der Waals surface area contributed by atoms with Gasteiger partial charge in [0.1, 0.15) is 0 Å². The van der Waals surface area contributed by atoms with Crippen LogP contribution in [0.5, 0.6) is 0 Å². The van der Waals surface area contributed by atoms with E-state index in [9.17, 15) is 8.42 Å². The summed E-state index contributed by atoms with van der Waals surface area (Å²) in [7, 11) is -1.06. The van der Waals surface area contributed by atoms with Gasteiger partial charge in [0, 0.05) is 30.1 Å². The standard InChI is InChI=1S/C16H24N2O2S/c1-17-12-10-14-4-3-5-15(11-12)18(14)13-6-8-16(9-7-13)21(2,19)20/h6-9,12,14-15,17H,3-5,10-11H2,1-2H3. The van der Waals surface area contributed by atoms with Gasteiger partial charge in [0.05, 0.1) is 4.90 Å². The van der Waals surface area contributed by atoms with E-state index in [1.807, 2.05) is 12.1 Å². The highest BCUT2D eigenvalue weighted by atomic mass is 32.2. The van der Waals surface area contributed by atoms with Crippen molar-refractivity contribution in [3.05, 3.63) is 24.3 Å². The van der Waals surface area contributed by atoms with E-state index < -0.39 is 9.84 Å². The first kappa shape index (κ1) is 14.9. The lowest BCUT2D eigenvalue weighted by molar-refractivity contribution is 0.252. The predicted molar refractivity (Wildman–Crippen MR) is 85.5 cm³/mol. The summed E-state index contributed by atoms with van der Waals surface area (Å²) in [5.41, 5.74) is 1.17. The molecule has 2 saturated heterocycles. The summed E-state index contributed by atoms with van der Waals surface area (Å²) >= 11 is 0. The number of nitrogens with zero attached hydrogens (tertiary/aromatic N) is 1. The maximum absolute atomic E-state index is 11.6. The molecule has 1 aromatic carbocycles. The van der Waals surface area contributed by atoms with E-state index in [0.717, 1.165) is 0 Å². The fourth-order valence-electron chi connectivity index (χ4n) is 3.90.